The fourth-order valence-electron chi connectivity index (χ4n) is 3.41. The molecular formula is C24H45NO5. The number of nitrogens with one attached hydrogen (secondary N) is 1. The minimum absolute atomic E-state index is 0.0409. The Morgan fingerprint density at radius 2 is 1.27 bits per heavy atom. The molecule has 0 radical (unpaired) electrons. The van der Waals surface area contributed by atoms with Crippen molar-refractivity contribution in [1.82, 2.24) is 5.32 Å². The first kappa shape index (κ1) is 28.4. The average molecular weight is 428 g/mol. The van der Waals surface area contributed by atoms with E-state index in [1.165, 1.54) is 84.0 Å². The molecule has 0 aliphatic rings. The highest BCUT2D eigenvalue weighted by Crippen LogP contribution is 2.14. The standard InChI is InChI=1S/C24H45NO5/c1-3-4-5-6-7-8-9-10-11-12-13-14-15-16-17-18-24(28)30-23(19-25-21-26)20-29-22(2)27/h21,23H,3-20H2,1-2H3,(H,25,26). The van der Waals surface area contributed by atoms with Crippen LogP contribution in [0.5, 0.6) is 0 Å². The van der Waals surface area contributed by atoms with Gasteiger partial charge in [0.1, 0.15) is 6.61 Å². The lowest BCUT2D eigenvalue weighted by Gasteiger charge is -2.17. The van der Waals surface area contributed by atoms with E-state index in [-0.39, 0.29) is 19.1 Å². The summed E-state index contributed by atoms with van der Waals surface area (Å²) in [5.74, 6) is -0.751. The van der Waals surface area contributed by atoms with E-state index < -0.39 is 12.1 Å². The first-order valence-electron chi connectivity index (χ1n) is 12.1. The van der Waals surface area contributed by atoms with Crippen molar-refractivity contribution in [3.63, 3.8) is 0 Å². The van der Waals surface area contributed by atoms with Gasteiger partial charge in [0.05, 0.1) is 6.54 Å². The molecule has 0 aromatic heterocycles. The smallest absolute Gasteiger partial charge is 0.306 e. The molecule has 6 nitrogen and oxygen atoms in total. The summed E-state index contributed by atoms with van der Waals surface area (Å²) in [5, 5.41) is 2.45. The molecule has 1 unspecified atom stereocenters. The number of rotatable bonds is 22. The summed E-state index contributed by atoms with van der Waals surface area (Å²) in [7, 11) is 0. The molecule has 0 spiro atoms. The SMILES string of the molecule is CCCCCCCCCCCCCCCCCC(=O)OC(CNC=O)COC(C)=O. The Labute approximate surface area is 183 Å². The molecule has 0 fully saturated rings. The minimum Gasteiger partial charge on any atom is -0.462 e. The highest BCUT2D eigenvalue weighted by molar-refractivity contribution is 5.69. The predicted octanol–water partition coefficient (Wildman–Crippen LogP) is 5.47. The highest BCUT2D eigenvalue weighted by Gasteiger charge is 2.15. The molecule has 0 heterocycles. The zero-order valence-electron chi connectivity index (χ0n) is 19.4. The van der Waals surface area contributed by atoms with Gasteiger partial charge in [-0.25, -0.2) is 0 Å². The van der Waals surface area contributed by atoms with Gasteiger partial charge in [0, 0.05) is 13.3 Å². The third-order valence-electron chi connectivity index (χ3n) is 5.18. The number of hydrogen-bond acceptors (Lipinski definition) is 5. The van der Waals surface area contributed by atoms with E-state index in [4.69, 9.17) is 9.47 Å². The maximum Gasteiger partial charge on any atom is 0.306 e. The number of amides is 1. The summed E-state index contributed by atoms with van der Waals surface area (Å²) < 4.78 is 10.1. The van der Waals surface area contributed by atoms with Gasteiger partial charge in [0.25, 0.3) is 0 Å². The van der Waals surface area contributed by atoms with Gasteiger partial charge in [0.2, 0.25) is 6.41 Å². The third kappa shape index (κ3) is 21.1. The summed E-state index contributed by atoms with van der Waals surface area (Å²) in [6.45, 7) is 3.65. The van der Waals surface area contributed by atoms with Gasteiger partial charge < -0.3 is 14.8 Å². The Morgan fingerprint density at radius 3 is 1.70 bits per heavy atom. The second kappa shape index (κ2) is 22.1. The van der Waals surface area contributed by atoms with Gasteiger partial charge in [0.15, 0.2) is 6.10 Å². The predicted molar refractivity (Wildman–Crippen MR) is 120 cm³/mol. The van der Waals surface area contributed by atoms with E-state index >= 15 is 0 Å². The molecule has 0 aliphatic heterocycles. The van der Waals surface area contributed by atoms with E-state index in [2.05, 4.69) is 12.2 Å². The van der Waals surface area contributed by atoms with Crippen molar-refractivity contribution in [2.45, 2.75) is 123 Å². The van der Waals surface area contributed by atoms with Crippen LogP contribution < -0.4 is 5.32 Å². The molecule has 0 aromatic rings. The minimum atomic E-state index is -0.636. The van der Waals surface area contributed by atoms with Crippen molar-refractivity contribution in [3.8, 4) is 0 Å². The summed E-state index contributed by atoms with van der Waals surface area (Å²) in [6.07, 6.45) is 19.5. The summed E-state index contributed by atoms with van der Waals surface area (Å²) in [6, 6.07) is 0. The fourth-order valence-corrected chi connectivity index (χ4v) is 3.41. The van der Waals surface area contributed by atoms with Crippen LogP contribution in [0.25, 0.3) is 0 Å². The molecule has 1 atom stereocenters. The van der Waals surface area contributed by atoms with Crippen molar-refractivity contribution in [2.75, 3.05) is 13.2 Å². The average Bonchev–Trinajstić information content (AvgIpc) is 2.72. The van der Waals surface area contributed by atoms with Crippen molar-refractivity contribution in [3.05, 3.63) is 0 Å². The second-order valence-corrected chi connectivity index (χ2v) is 8.14. The lowest BCUT2D eigenvalue weighted by atomic mass is 10.0. The Bertz CT molecular complexity index is 428. The molecule has 1 N–H and O–H groups in total. The molecule has 0 saturated carbocycles. The van der Waals surface area contributed by atoms with E-state index in [0.29, 0.717) is 12.8 Å². The van der Waals surface area contributed by atoms with E-state index in [1.54, 1.807) is 0 Å². The number of esters is 2. The number of carbonyl (C=O) groups excluding carboxylic acids is 3. The third-order valence-corrected chi connectivity index (χ3v) is 5.18. The Balaban J connectivity index is 3.50. The van der Waals surface area contributed by atoms with E-state index in [1.807, 2.05) is 0 Å². The fraction of sp³-hybridized carbons (Fsp3) is 0.875. The summed E-state index contributed by atoms with van der Waals surface area (Å²) in [5.41, 5.74) is 0. The topological polar surface area (TPSA) is 81.7 Å². The molecule has 0 aromatic carbocycles. The molecule has 0 bridgehead atoms. The maximum absolute atomic E-state index is 11.9. The quantitative estimate of drug-likeness (QED) is 0.141. The normalized spacial score (nSPS) is 11.7. The zero-order chi connectivity index (χ0) is 22.3. The van der Waals surface area contributed by atoms with Crippen LogP contribution in [0.3, 0.4) is 0 Å². The van der Waals surface area contributed by atoms with Crippen LogP contribution in [-0.2, 0) is 23.9 Å². The van der Waals surface area contributed by atoms with E-state index in [0.717, 1.165) is 19.3 Å². The maximum atomic E-state index is 11.9. The monoisotopic (exact) mass is 427 g/mol. The van der Waals surface area contributed by atoms with Crippen LogP contribution in [0.4, 0.5) is 0 Å². The van der Waals surface area contributed by atoms with Crippen LogP contribution >= 0.6 is 0 Å². The van der Waals surface area contributed by atoms with Gasteiger partial charge in [-0.05, 0) is 6.42 Å². The number of hydrogen-bond donors (Lipinski definition) is 1. The lowest BCUT2D eigenvalue weighted by molar-refractivity contribution is -0.158. The highest BCUT2D eigenvalue weighted by atomic mass is 16.6. The molecule has 30 heavy (non-hydrogen) atoms. The molecule has 6 heteroatoms. The number of unbranched alkanes of at least 4 members (excludes halogenated alkanes) is 14. The molecule has 0 saturated heterocycles. The molecule has 0 aliphatic carbocycles. The lowest BCUT2D eigenvalue weighted by Crippen LogP contribution is -2.34. The molecule has 176 valence electrons. The van der Waals surface area contributed by atoms with Gasteiger partial charge in [-0.2, -0.15) is 0 Å². The largest absolute Gasteiger partial charge is 0.462 e. The molecule has 0 rings (SSSR count). The molecule has 1 amide bonds. The van der Waals surface area contributed by atoms with Gasteiger partial charge in [-0.3, -0.25) is 14.4 Å². The van der Waals surface area contributed by atoms with Crippen molar-refractivity contribution < 1.29 is 23.9 Å². The number of carbonyl (C=O) groups is 3. The second-order valence-electron chi connectivity index (χ2n) is 8.14. The number of ether oxygens (including phenoxy) is 2. The van der Waals surface area contributed by atoms with Crippen molar-refractivity contribution in [1.29, 1.82) is 0 Å². The summed E-state index contributed by atoms with van der Waals surface area (Å²) >= 11 is 0. The zero-order valence-corrected chi connectivity index (χ0v) is 19.4. The van der Waals surface area contributed by atoms with Crippen LogP contribution in [0.15, 0.2) is 0 Å². The van der Waals surface area contributed by atoms with Gasteiger partial charge in [-0.1, -0.05) is 96.8 Å². The summed E-state index contributed by atoms with van der Waals surface area (Å²) in [4.78, 5) is 33.2. The van der Waals surface area contributed by atoms with Crippen LogP contribution in [0.1, 0.15) is 117 Å². The van der Waals surface area contributed by atoms with Crippen molar-refractivity contribution in [2.24, 2.45) is 0 Å². The van der Waals surface area contributed by atoms with Crippen LogP contribution in [-0.4, -0.2) is 37.6 Å². The van der Waals surface area contributed by atoms with Gasteiger partial charge >= 0.3 is 11.9 Å². The molecular weight excluding hydrogens is 382 g/mol. The Hall–Kier alpha value is -1.59. The van der Waals surface area contributed by atoms with Crippen molar-refractivity contribution >= 4 is 18.3 Å². The van der Waals surface area contributed by atoms with Crippen LogP contribution in [0.2, 0.25) is 0 Å². The first-order valence-corrected chi connectivity index (χ1v) is 12.1. The van der Waals surface area contributed by atoms with Gasteiger partial charge in [-0.15, -0.1) is 0 Å². The Kier molecular flexibility index (Phi) is 20.9. The van der Waals surface area contributed by atoms with Crippen LogP contribution in [0, 0.1) is 0 Å². The first-order chi connectivity index (χ1) is 14.6. The van der Waals surface area contributed by atoms with E-state index in [9.17, 15) is 14.4 Å². The Morgan fingerprint density at radius 1 is 0.800 bits per heavy atom.